The first-order valence-electron chi connectivity index (χ1n) is 8.78. The van der Waals surface area contributed by atoms with Crippen LogP contribution in [-0.4, -0.2) is 32.2 Å². The molecule has 1 aromatic heterocycles. The van der Waals surface area contributed by atoms with Crippen molar-refractivity contribution in [1.82, 2.24) is 20.4 Å². The predicted molar refractivity (Wildman–Crippen MR) is 118 cm³/mol. The molecule has 0 saturated heterocycles. The maximum Gasteiger partial charge on any atom is 0.573 e. The van der Waals surface area contributed by atoms with E-state index in [9.17, 15) is 13.2 Å². The topological polar surface area (TPSA) is 76.4 Å². The number of ether oxygens (including phenoxy) is 1. The van der Waals surface area contributed by atoms with Crippen LogP contribution in [0.2, 0.25) is 0 Å². The number of thiocarbonyl (C=S) groups is 1. The molecule has 0 fully saturated rings. The van der Waals surface area contributed by atoms with Crippen molar-refractivity contribution in [1.29, 1.82) is 0 Å². The van der Waals surface area contributed by atoms with Crippen LogP contribution < -0.4 is 15.5 Å². The zero-order valence-corrected chi connectivity index (χ0v) is 18.6. The van der Waals surface area contributed by atoms with Crippen molar-refractivity contribution < 1.29 is 17.9 Å². The quantitative estimate of drug-likeness (QED) is 0.286. The Morgan fingerprint density at radius 1 is 1.13 bits per heavy atom. The van der Waals surface area contributed by atoms with Crippen LogP contribution in [0.1, 0.15) is 18.3 Å². The summed E-state index contributed by atoms with van der Waals surface area (Å²) in [6.45, 7) is 3.50. The highest BCUT2D eigenvalue weighted by Crippen LogP contribution is 2.24. The summed E-state index contributed by atoms with van der Waals surface area (Å²) in [6, 6.07) is 12.8. The molecule has 0 unspecified atom stereocenters. The summed E-state index contributed by atoms with van der Waals surface area (Å²) in [5.41, 5.74) is 5.76. The van der Waals surface area contributed by atoms with Gasteiger partial charge in [0.2, 0.25) is 0 Å². The Hall–Kier alpha value is -2.99. The molecule has 1 heterocycles. The molecule has 3 rings (SSSR count). The summed E-state index contributed by atoms with van der Waals surface area (Å²) in [7, 11) is 0. The van der Waals surface area contributed by atoms with E-state index in [1.54, 1.807) is 13.8 Å². The number of halogens is 4. The molecule has 3 aromatic rings. The Kier molecular flexibility index (Phi) is 6.91. The van der Waals surface area contributed by atoms with Gasteiger partial charge in [0.25, 0.3) is 0 Å². The first-order chi connectivity index (χ1) is 14.6. The van der Waals surface area contributed by atoms with Crippen molar-refractivity contribution in [2.45, 2.75) is 20.2 Å². The second-order valence-electron chi connectivity index (χ2n) is 6.25. The first kappa shape index (κ1) is 22.7. The summed E-state index contributed by atoms with van der Waals surface area (Å²) in [5, 5.41) is 15.7. The fraction of sp³-hybridized carbons (Fsp3) is 0.158. The van der Waals surface area contributed by atoms with Crippen molar-refractivity contribution in [3.63, 3.8) is 0 Å². The average Bonchev–Trinajstić information content (AvgIpc) is 3.09. The molecular formula is C19H16BrF3N6OS. The van der Waals surface area contributed by atoms with Crippen LogP contribution >= 0.6 is 28.1 Å². The van der Waals surface area contributed by atoms with E-state index in [1.165, 1.54) is 28.9 Å². The minimum absolute atomic E-state index is 0.298. The molecule has 12 heteroatoms. The molecule has 7 nitrogen and oxygen atoms in total. The van der Waals surface area contributed by atoms with Crippen molar-refractivity contribution >= 4 is 44.7 Å². The number of hydrazone groups is 1. The van der Waals surface area contributed by atoms with Gasteiger partial charge in [0.05, 0.1) is 17.1 Å². The predicted octanol–water partition coefficient (Wildman–Crippen LogP) is 4.95. The molecular weight excluding hydrogens is 497 g/mol. The highest BCUT2D eigenvalue weighted by molar-refractivity contribution is 9.10. The Morgan fingerprint density at radius 3 is 2.39 bits per heavy atom. The van der Waals surface area contributed by atoms with Gasteiger partial charge in [0.1, 0.15) is 11.4 Å². The zero-order valence-electron chi connectivity index (χ0n) is 16.2. The average molecular weight is 513 g/mol. The number of nitrogens with zero attached hydrogens (tertiary/aromatic N) is 4. The minimum atomic E-state index is -4.74. The van der Waals surface area contributed by atoms with Gasteiger partial charge >= 0.3 is 6.36 Å². The molecule has 0 spiro atoms. The molecule has 162 valence electrons. The van der Waals surface area contributed by atoms with Crippen LogP contribution in [0.25, 0.3) is 5.69 Å². The minimum Gasteiger partial charge on any atom is -0.406 e. The molecule has 0 atom stereocenters. The van der Waals surface area contributed by atoms with Gasteiger partial charge in [-0.1, -0.05) is 21.1 Å². The highest BCUT2D eigenvalue weighted by atomic mass is 79.9. The van der Waals surface area contributed by atoms with E-state index in [4.69, 9.17) is 12.2 Å². The Labute approximate surface area is 189 Å². The number of alkyl halides is 3. The Balaban J connectivity index is 1.68. The van der Waals surface area contributed by atoms with Gasteiger partial charge in [-0.2, -0.15) is 5.10 Å². The third-order valence-corrected chi connectivity index (χ3v) is 4.70. The van der Waals surface area contributed by atoms with Crippen molar-refractivity contribution in [2.24, 2.45) is 5.10 Å². The number of hydrogen-bond acceptors (Lipinski definition) is 5. The van der Waals surface area contributed by atoms with E-state index < -0.39 is 6.36 Å². The monoisotopic (exact) mass is 512 g/mol. The summed E-state index contributed by atoms with van der Waals surface area (Å²) >= 11 is 8.59. The van der Waals surface area contributed by atoms with Gasteiger partial charge in [0, 0.05) is 10.2 Å². The van der Waals surface area contributed by atoms with E-state index in [2.05, 4.69) is 46.8 Å². The molecule has 2 N–H and O–H groups in total. The Morgan fingerprint density at radius 2 is 1.77 bits per heavy atom. The second kappa shape index (κ2) is 9.43. The van der Waals surface area contributed by atoms with Gasteiger partial charge in [-0.25, -0.2) is 4.68 Å². The van der Waals surface area contributed by atoms with Crippen LogP contribution in [0.5, 0.6) is 5.75 Å². The third-order valence-electron chi connectivity index (χ3n) is 3.98. The lowest BCUT2D eigenvalue weighted by molar-refractivity contribution is -0.274. The van der Waals surface area contributed by atoms with E-state index in [1.807, 2.05) is 24.3 Å². The molecule has 0 saturated carbocycles. The zero-order chi connectivity index (χ0) is 22.6. The number of rotatable bonds is 5. The fourth-order valence-corrected chi connectivity index (χ4v) is 3.01. The second-order valence-corrected chi connectivity index (χ2v) is 7.57. The molecule has 0 bridgehead atoms. The number of anilines is 1. The summed E-state index contributed by atoms with van der Waals surface area (Å²) in [4.78, 5) is 0. The lowest BCUT2D eigenvalue weighted by atomic mass is 10.2. The van der Waals surface area contributed by atoms with Gasteiger partial charge in [-0.05, 0) is 74.6 Å². The maximum absolute atomic E-state index is 12.3. The number of benzene rings is 2. The van der Waals surface area contributed by atoms with Gasteiger partial charge in [-0.15, -0.1) is 18.3 Å². The van der Waals surface area contributed by atoms with Crippen LogP contribution in [-0.2, 0) is 0 Å². The maximum atomic E-state index is 12.3. The smallest absolute Gasteiger partial charge is 0.406 e. The summed E-state index contributed by atoms with van der Waals surface area (Å²) in [6.07, 6.45) is -4.74. The SMILES string of the molecule is C/C(=N/NC(=S)Nc1ccc(Br)cc1)c1nnn(-c2ccc(OC(F)(F)F)cc2)c1C. The van der Waals surface area contributed by atoms with Crippen molar-refractivity contribution in [3.05, 3.63) is 64.4 Å². The van der Waals surface area contributed by atoms with Gasteiger partial charge < -0.3 is 10.1 Å². The van der Waals surface area contributed by atoms with E-state index in [0.717, 1.165) is 10.2 Å². The number of aromatic nitrogens is 3. The molecule has 0 aliphatic carbocycles. The standard InChI is InChI=1S/C19H16BrF3N6OS/c1-11(25-27-18(31)24-14-5-3-13(20)4-6-14)17-12(2)29(28-26-17)15-7-9-16(10-8-15)30-19(21,22)23/h3-10H,1-2H3,(H2,24,27,31)/b25-11-. The van der Waals surface area contributed by atoms with Crippen LogP contribution in [0.3, 0.4) is 0 Å². The van der Waals surface area contributed by atoms with Crippen LogP contribution in [0.4, 0.5) is 18.9 Å². The van der Waals surface area contributed by atoms with Crippen LogP contribution in [0.15, 0.2) is 58.1 Å². The molecule has 2 aromatic carbocycles. The van der Waals surface area contributed by atoms with E-state index >= 15 is 0 Å². The van der Waals surface area contributed by atoms with Crippen LogP contribution in [0, 0.1) is 6.92 Å². The fourth-order valence-electron chi connectivity index (χ4n) is 2.58. The number of nitrogens with one attached hydrogen (secondary N) is 2. The molecule has 0 aliphatic heterocycles. The summed E-state index contributed by atoms with van der Waals surface area (Å²) in [5.74, 6) is -0.317. The number of hydrogen-bond donors (Lipinski definition) is 2. The van der Waals surface area contributed by atoms with Crippen molar-refractivity contribution in [3.8, 4) is 11.4 Å². The van der Waals surface area contributed by atoms with Crippen molar-refractivity contribution in [2.75, 3.05) is 5.32 Å². The molecule has 0 amide bonds. The highest BCUT2D eigenvalue weighted by Gasteiger charge is 2.31. The largest absolute Gasteiger partial charge is 0.573 e. The normalized spacial score (nSPS) is 11.9. The first-order valence-corrected chi connectivity index (χ1v) is 9.98. The van der Waals surface area contributed by atoms with Gasteiger partial charge in [0.15, 0.2) is 5.11 Å². The van der Waals surface area contributed by atoms with E-state index in [0.29, 0.717) is 27.9 Å². The van der Waals surface area contributed by atoms with E-state index in [-0.39, 0.29) is 5.75 Å². The summed E-state index contributed by atoms with van der Waals surface area (Å²) < 4.78 is 43.2. The lowest BCUT2D eigenvalue weighted by Gasteiger charge is -2.10. The third kappa shape index (κ3) is 6.25. The Bertz CT molecular complexity index is 1100. The van der Waals surface area contributed by atoms with Gasteiger partial charge in [-0.3, -0.25) is 5.43 Å². The molecule has 0 radical (unpaired) electrons. The molecule has 31 heavy (non-hydrogen) atoms. The molecule has 0 aliphatic rings. The lowest BCUT2D eigenvalue weighted by Crippen LogP contribution is -2.25.